The predicted octanol–water partition coefficient (Wildman–Crippen LogP) is 5.20. The third-order valence-electron chi connectivity index (χ3n) is 5.38. The van der Waals surface area contributed by atoms with Crippen molar-refractivity contribution in [2.75, 3.05) is 6.61 Å². The summed E-state index contributed by atoms with van der Waals surface area (Å²) in [6.45, 7) is 2.51. The third kappa shape index (κ3) is 3.86. The largest absolute Gasteiger partial charge is 0.494 e. The molecule has 162 valence electrons. The number of para-hydroxylation sites is 1. The zero-order valence-corrected chi connectivity index (χ0v) is 18.7. The minimum Gasteiger partial charge on any atom is -0.494 e. The molecule has 0 aliphatic carbocycles. The first kappa shape index (κ1) is 20.9. The van der Waals surface area contributed by atoms with E-state index in [4.69, 9.17) is 9.72 Å². The average molecular weight is 453 g/mol. The SMILES string of the molecule is CCOc1ccc(-n2c(SCc3cn4ccccc4c3C#N)nc3ccccc3c2=O)cc1. The Hall–Kier alpha value is -4.02. The summed E-state index contributed by atoms with van der Waals surface area (Å²) in [6.07, 6.45) is 3.88. The van der Waals surface area contributed by atoms with E-state index >= 15 is 0 Å². The number of thioether (sulfide) groups is 1. The summed E-state index contributed by atoms with van der Waals surface area (Å²) in [6, 6.07) is 22.9. The van der Waals surface area contributed by atoms with Crippen molar-refractivity contribution in [2.24, 2.45) is 0 Å². The number of benzene rings is 2. The van der Waals surface area contributed by atoms with Crippen molar-refractivity contribution < 1.29 is 4.74 Å². The van der Waals surface area contributed by atoms with Gasteiger partial charge in [0.25, 0.3) is 5.56 Å². The summed E-state index contributed by atoms with van der Waals surface area (Å²) >= 11 is 1.44. The first-order chi connectivity index (χ1) is 16.2. The Balaban J connectivity index is 1.60. The van der Waals surface area contributed by atoms with Gasteiger partial charge in [-0.15, -0.1) is 0 Å². The highest BCUT2D eigenvalue weighted by Crippen LogP contribution is 2.28. The fourth-order valence-electron chi connectivity index (χ4n) is 3.85. The monoisotopic (exact) mass is 452 g/mol. The first-order valence-corrected chi connectivity index (χ1v) is 11.5. The van der Waals surface area contributed by atoms with Gasteiger partial charge >= 0.3 is 0 Å². The zero-order valence-electron chi connectivity index (χ0n) is 17.9. The van der Waals surface area contributed by atoms with Crippen LogP contribution in [0.15, 0.2) is 89.1 Å². The number of rotatable bonds is 6. The lowest BCUT2D eigenvalue weighted by Gasteiger charge is -2.14. The molecule has 0 radical (unpaired) electrons. The zero-order chi connectivity index (χ0) is 22.8. The van der Waals surface area contributed by atoms with Crippen LogP contribution in [0.2, 0.25) is 0 Å². The van der Waals surface area contributed by atoms with Gasteiger partial charge in [-0.1, -0.05) is 30.0 Å². The van der Waals surface area contributed by atoms with Crippen LogP contribution in [0.4, 0.5) is 0 Å². The van der Waals surface area contributed by atoms with Crippen LogP contribution in [-0.2, 0) is 5.75 Å². The molecule has 0 saturated heterocycles. The Kier molecular flexibility index (Phi) is 5.59. The molecule has 3 heterocycles. The predicted molar refractivity (Wildman–Crippen MR) is 130 cm³/mol. The summed E-state index contributed by atoms with van der Waals surface area (Å²) in [5, 5.41) is 10.9. The lowest BCUT2D eigenvalue weighted by molar-refractivity contribution is 0.340. The van der Waals surface area contributed by atoms with Crippen LogP contribution in [0.3, 0.4) is 0 Å². The Morgan fingerprint density at radius 1 is 1.06 bits per heavy atom. The van der Waals surface area contributed by atoms with Gasteiger partial charge in [-0.25, -0.2) is 4.98 Å². The lowest BCUT2D eigenvalue weighted by atomic mass is 10.2. The van der Waals surface area contributed by atoms with Crippen LogP contribution < -0.4 is 10.3 Å². The van der Waals surface area contributed by atoms with Gasteiger partial charge in [-0.05, 0) is 61.0 Å². The molecule has 3 aromatic heterocycles. The van der Waals surface area contributed by atoms with Crippen molar-refractivity contribution in [3.05, 3.63) is 101 Å². The Morgan fingerprint density at radius 3 is 2.64 bits per heavy atom. The van der Waals surface area contributed by atoms with Crippen molar-refractivity contribution in [3.63, 3.8) is 0 Å². The third-order valence-corrected chi connectivity index (χ3v) is 6.37. The standard InChI is InChI=1S/C26H20N4O2S/c1-2-32-20-12-10-19(11-13-20)30-25(31)21-7-3-4-8-23(21)28-26(30)33-17-18-16-29-14-6-5-9-24(29)22(18)15-27/h3-14,16H,2,17H2,1H3. The van der Waals surface area contributed by atoms with E-state index in [1.165, 1.54) is 11.8 Å². The van der Waals surface area contributed by atoms with Crippen LogP contribution in [0.25, 0.3) is 22.1 Å². The number of nitrogens with zero attached hydrogens (tertiary/aromatic N) is 4. The molecule has 0 spiro atoms. The normalized spacial score (nSPS) is 11.0. The number of nitriles is 1. The van der Waals surface area contributed by atoms with E-state index in [1.807, 2.05) is 84.4 Å². The molecule has 33 heavy (non-hydrogen) atoms. The Labute approximate surface area is 194 Å². The van der Waals surface area contributed by atoms with Gasteiger partial charge in [0, 0.05) is 18.1 Å². The molecular weight excluding hydrogens is 432 g/mol. The molecule has 0 aliphatic rings. The summed E-state index contributed by atoms with van der Waals surface area (Å²) in [4.78, 5) is 18.3. The smallest absolute Gasteiger partial charge is 0.266 e. The van der Waals surface area contributed by atoms with E-state index in [0.717, 1.165) is 16.8 Å². The van der Waals surface area contributed by atoms with Crippen molar-refractivity contribution in [1.29, 1.82) is 5.26 Å². The van der Waals surface area contributed by atoms with E-state index in [1.54, 1.807) is 10.6 Å². The van der Waals surface area contributed by atoms with Crippen LogP contribution in [0.5, 0.6) is 5.75 Å². The highest BCUT2D eigenvalue weighted by Gasteiger charge is 2.16. The molecule has 0 aliphatic heterocycles. The number of fused-ring (bicyclic) bond motifs is 2. The first-order valence-electron chi connectivity index (χ1n) is 10.6. The molecule has 0 saturated carbocycles. The number of hydrogen-bond acceptors (Lipinski definition) is 5. The van der Waals surface area contributed by atoms with Crippen molar-refractivity contribution in [2.45, 2.75) is 17.8 Å². The molecule has 7 heteroatoms. The van der Waals surface area contributed by atoms with Crippen molar-refractivity contribution in [1.82, 2.24) is 14.0 Å². The van der Waals surface area contributed by atoms with Gasteiger partial charge in [0.05, 0.1) is 34.3 Å². The quantitative estimate of drug-likeness (QED) is 0.262. The van der Waals surface area contributed by atoms with E-state index in [0.29, 0.717) is 39.7 Å². The minimum absolute atomic E-state index is 0.130. The molecule has 0 atom stereocenters. The maximum absolute atomic E-state index is 13.5. The molecule has 5 aromatic rings. The summed E-state index contributed by atoms with van der Waals surface area (Å²) in [5.74, 6) is 1.25. The van der Waals surface area contributed by atoms with E-state index in [9.17, 15) is 10.1 Å². The highest BCUT2D eigenvalue weighted by atomic mass is 32.2. The second kappa shape index (κ2) is 8.85. The lowest BCUT2D eigenvalue weighted by Crippen LogP contribution is -2.21. The minimum atomic E-state index is -0.130. The molecule has 0 fully saturated rings. The van der Waals surface area contributed by atoms with Gasteiger partial charge in [0.2, 0.25) is 0 Å². The molecule has 0 unspecified atom stereocenters. The van der Waals surface area contributed by atoms with Gasteiger partial charge < -0.3 is 9.14 Å². The number of aromatic nitrogens is 3. The molecule has 0 amide bonds. The average Bonchev–Trinajstić information content (AvgIpc) is 3.21. The van der Waals surface area contributed by atoms with Crippen molar-refractivity contribution >= 4 is 28.2 Å². The summed E-state index contributed by atoms with van der Waals surface area (Å²) in [7, 11) is 0. The molecule has 0 N–H and O–H groups in total. The number of pyridine rings is 1. The Bertz CT molecular complexity index is 1560. The molecular formula is C26H20N4O2S. The van der Waals surface area contributed by atoms with Gasteiger partial charge in [0.15, 0.2) is 5.16 Å². The highest BCUT2D eigenvalue weighted by molar-refractivity contribution is 7.98. The molecule has 6 nitrogen and oxygen atoms in total. The second-order valence-electron chi connectivity index (χ2n) is 7.40. The topological polar surface area (TPSA) is 72.3 Å². The van der Waals surface area contributed by atoms with Gasteiger partial charge in [-0.2, -0.15) is 5.26 Å². The Morgan fingerprint density at radius 2 is 1.85 bits per heavy atom. The van der Waals surface area contributed by atoms with Gasteiger partial charge in [0.1, 0.15) is 11.8 Å². The molecule has 2 aromatic carbocycles. The number of hydrogen-bond donors (Lipinski definition) is 0. The maximum Gasteiger partial charge on any atom is 0.266 e. The summed E-state index contributed by atoms with van der Waals surface area (Å²) in [5.41, 5.74) is 3.63. The maximum atomic E-state index is 13.5. The second-order valence-corrected chi connectivity index (χ2v) is 8.34. The fraction of sp³-hybridized carbons (Fsp3) is 0.115. The van der Waals surface area contributed by atoms with Gasteiger partial charge in [-0.3, -0.25) is 9.36 Å². The van der Waals surface area contributed by atoms with Crippen LogP contribution in [-0.4, -0.2) is 20.6 Å². The molecule has 0 bridgehead atoms. The van der Waals surface area contributed by atoms with Crippen LogP contribution >= 0.6 is 11.8 Å². The van der Waals surface area contributed by atoms with Crippen LogP contribution in [0, 0.1) is 11.3 Å². The van der Waals surface area contributed by atoms with E-state index in [-0.39, 0.29) is 5.56 Å². The number of ether oxygens (including phenoxy) is 1. The van der Waals surface area contributed by atoms with Crippen LogP contribution in [0.1, 0.15) is 18.1 Å². The van der Waals surface area contributed by atoms with E-state index < -0.39 is 0 Å². The molecule has 5 rings (SSSR count). The van der Waals surface area contributed by atoms with E-state index in [2.05, 4.69) is 6.07 Å². The summed E-state index contributed by atoms with van der Waals surface area (Å²) < 4.78 is 9.12. The fourth-order valence-corrected chi connectivity index (χ4v) is 4.84. The van der Waals surface area contributed by atoms with Crippen molar-refractivity contribution in [3.8, 4) is 17.5 Å².